The van der Waals surface area contributed by atoms with Crippen LogP contribution in [0.15, 0.2) is 40.8 Å². The number of hydrogen-bond acceptors (Lipinski definition) is 6. The van der Waals surface area contributed by atoms with Crippen LogP contribution in [0.25, 0.3) is 0 Å². The highest BCUT2D eigenvalue weighted by Crippen LogP contribution is 2.38. The fourth-order valence-electron chi connectivity index (χ4n) is 3.13. The number of amides is 1. The topological polar surface area (TPSA) is 93.3 Å². The maximum Gasteiger partial charge on any atom is 0.257 e. The van der Waals surface area contributed by atoms with Gasteiger partial charge in [0.1, 0.15) is 5.82 Å². The van der Waals surface area contributed by atoms with Crippen LogP contribution < -0.4 is 20.3 Å². The van der Waals surface area contributed by atoms with E-state index >= 15 is 0 Å². The Labute approximate surface area is 167 Å². The molecule has 0 spiro atoms. The summed E-state index contributed by atoms with van der Waals surface area (Å²) in [4.78, 5) is 32.3. The number of fused-ring (bicyclic) bond motifs is 1. The number of anilines is 1. The van der Waals surface area contributed by atoms with Gasteiger partial charge in [0.25, 0.3) is 5.56 Å². The molecule has 28 heavy (non-hydrogen) atoms. The van der Waals surface area contributed by atoms with Crippen LogP contribution in [0.5, 0.6) is 11.5 Å². The third-order valence-electron chi connectivity index (χ3n) is 4.24. The molecule has 0 unspecified atom stereocenters. The Morgan fingerprint density at radius 2 is 2.00 bits per heavy atom. The van der Waals surface area contributed by atoms with Crippen LogP contribution in [0.4, 0.5) is 5.82 Å². The average molecular weight is 401 g/mol. The molecule has 1 amide bonds. The number of benzene rings is 1. The van der Waals surface area contributed by atoms with Crippen molar-refractivity contribution in [2.75, 3.05) is 24.3 Å². The Morgan fingerprint density at radius 1 is 1.25 bits per heavy atom. The molecule has 2 aromatic rings. The third kappa shape index (κ3) is 4.22. The van der Waals surface area contributed by atoms with Crippen molar-refractivity contribution in [3.05, 3.63) is 52.3 Å². The van der Waals surface area contributed by atoms with Gasteiger partial charge in [-0.2, -0.15) is 0 Å². The number of rotatable bonds is 8. The molecular weight excluding hydrogens is 378 g/mol. The van der Waals surface area contributed by atoms with Gasteiger partial charge in [0.15, 0.2) is 16.7 Å². The maximum atomic E-state index is 12.8. The first kappa shape index (κ1) is 20.0. The van der Waals surface area contributed by atoms with E-state index in [0.717, 1.165) is 5.56 Å². The summed E-state index contributed by atoms with van der Waals surface area (Å²) in [6, 6.07) is 5.51. The Hall–Kier alpha value is -2.74. The number of nitrogens with zero attached hydrogens (tertiary/aromatic N) is 1. The molecule has 1 aliphatic heterocycles. The van der Waals surface area contributed by atoms with E-state index in [-0.39, 0.29) is 17.9 Å². The largest absolute Gasteiger partial charge is 0.490 e. The van der Waals surface area contributed by atoms with E-state index in [2.05, 4.69) is 21.9 Å². The minimum atomic E-state index is -0.409. The molecule has 2 heterocycles. The summed E-state index contributed by atoms with van der Waals surface area (Å²) >= 11 is 1.35. The standard InChI is InChI=1S/C20H23N3O4S/c1-4-9-28-20-22-18-17(19(25)23-20)13(11-16(24)21-18)12-7-8-14(26-5-2)15(10-12)27-6-3/h4,7-8,10,13H,1,5-6,9,11H2,2-3H3,(H2,21,22,23,24,25)/t13-/m1/s1. The van der Waals surface area contributed by atoms with Crippen molar-refractivity contribution in [2.24, 2.45) is 0 Å². The van der Waals surface area contributed by atoms with Gasteiger partial charge in [-0.3, -0.25) is 9.59 Å². The molecule has 148 valence electrons. The van der Waals surface area contributed by atoms with Gasteiger partial charge < -0.3 is 19.8 Å². The van der Waals surface area contributed by atoms with Crippen molar-refractivity contribution in [1.29, 1.82) is 0 Å². The molecule has 0 fully saturated rings. The number of aromatic amines is 1. The van der Waals surface area contributed by atoms with Crippen molar-refractivity contribution in [2.45, 2.75) is 31.3 Å². The SMILES string of the molecule is C=CCSc1nc2c(c(=O)[nH]1)[C@@H](c1ccc(OCC)c(OCC)c1)CC(=O)N2. The van der Waals surface area contributed by atoms with E-state index in [1.54, 1.807) is 6.08 Å². The Morgan fingerprint density at radius 3 is 2.71 bits per heavy atom. The first-order valence-electron chi connectivity index (χ1n) is 9.14. The molecule has 7 nitrogen and oxygen atoms in total. The Bertz CT molecular complexity index is 942. The lowest BCUT2D eigenvalue weighted by Gasteiger charge is -2.25. The lowest BCUT2D eigenvalue weighted by molar-refractivity contribution is -0.116. The van der Waals surface area contributed by atoms with Crippen LogP contribution in [0.3, 0.4) is 0 Å². The zero-order chi connectivity index (χ0) is 20.1. The highest BCUT2D eigenvalue weighted by Gasteiger charge is 2.31. The third-order valence-corrected chi connectivity index (χ3v) is 5.11. The summed E-state index contributed by atoms with van der Waals surface area (Å²) in [5, 5.41) is 3.17. The highest BCUT2D eigenvalue weighted by molar-refractivity contribution is 7.99. The molecule has 0 saturated heterocycles. The number of thioether (sulfide) groups is 1. The minimum Gasteiger partial charge on any atom is -0.490 e. The summed E-state index contributed by atoms with van der Waals surface area (Å²) in [6.45, 7) is 8.45. The normalized spacial score (nSPS) is 15.5. The fourth-order valence-corrected chi connectivity index (χ4v) is 3.72. The second-order valence-electron chi connectivity index (χ2n) is 6.11. The number of nitrogens with one attached hydrogen (secondary N) is 2. The monoisotopic (exact) mass is 401 g/mol. The van der Waals surface area contributed by atoms with Crippen molar-refractivity contribution in [1.82, 2.24) is 9.97 Å². The highest BCUT2D eigenvalue weighted by atomic mass is 32.2. The van der Waals surface area contributed by atoms with Gasteiger partial charge in [-0.1, -0.05) is 23.9 Å². The second-order valence-corrected chi connectivity index (χ2v) is 7.12. The van der Waals surface area contributed by atoms with E-state index < -0.39 is 5.92 Å². The zero-order valence-corrected chi connectivity index (χ0v) is 16.7. The molecular formula is C20H23N3O4S. The van der Waals surface area contributed by atoms with E-state index in [1.165, 1.54) is 11.8 Å². The molecule has 0 bridgehead atoms. The molecule has 3 rings (SSSR count). The molecule has 1 aromatic heterocycles. The lowest BCUT2D eigenvalue weighted by atomic mass is 9.86. The van der Waals surface area contributed by atoms with Crippen molar-refractivity contribution in [3.8, 4) is 11.5 Å². The molecule has 1 aliphatic rings. The smallest absolute Gasteiger partial charge is 0.257 e. The van der Waals surface area contributed by atoms with E-state index in [1.807, 2.05) is 32.0 Å². The maximum absolute atomic E-state index is 12.8. The average Bonchev–Trinajstić information content (AvgIpc) is 2.67. The number of carbonyl (C=O) groups excluding carboxylic acids is 1. The van der Waals surface area contributed by atoms with Gasteiger partial charge >= 0.3 is 0 Å². The van der Waals surface area contributed by atoms with Gasteiger partial charge in [-0.15, -0.1) is 6.58 Å². The minimum absolute atomic E-state index is 0.163. The Balaban J connectivity index is 2.04. The Kier molecular flexibility index (Phi) is 6.41. The summed E-state index contributed by atoms with van der Waals surface area (Å²) < 4.78 is 11.3. The van der Waals surface area contributed by atoms with Crippen molar-refractivity contribution in [3.63, 3.8) is 0 Å². The fraction of sp³-hybridized carbons (Fsp3) is 0.350. The number of H-pyrrole nitrogens is 1. The van der Waals surface area contributed by atoms with Crippen molar-refractivity contribution >= 4 is 23.5 Å². The van der Waals surface area contributed by atoms with Crippen LogP contribution in [-0.2, 0) is 4.79 Å². The van der Waals surface area contributed by atoms with Gasteiger partial charge in [0, 0.05) is 18.1 Å². The molecule has 1 aromatic carbocycles. The van der Waals surface area contributed by atoms with Gasteiger partial charge in [-0.05, 0) is 31.5 Å². The summed E-state index contributed by atoms with van der Waals surface area (Å²) in [7, 11) is 0. The van der Waals surface area contributed by atoms with Crippen LogP contribution in [0.1, 0.15) is 37.3 Å². The van der Waals surface area contributed by atoms with E-state index in [4.69, 9.17) is 9.47 Å². The summed E-state index contributed by atoms with van der Waals surface area (Å²) in [5.74, 6) is 1.56. The number of hydrogen-bond donors (Lipinski definition) is 2. The molecule has 1 atom stereocenters. The molecule has 8 heteroatoms. The van der Waals surface area contributed by atoms with Crippen LogP contribution >= 0.6 is 11.8 Å². The first-order valence-corrected chi connectivity index (χ1v) is 10.1. The number of ether oxygens (including phenoxy) is 2. The molecule has 2 N–H and O–H groups in total. The number of aromatic nitrogens is 2. The first-order chi connectivity index (χ1) is 13.6. The van der Waals surface area contributed by atoms with Crippen LogP contribution in [0, 0.1) is 0 Å². The van der Waals surface area contributed by atoms with E-state index in [9.17, 15) is 9.59 Å². The van der Waals surface area contributed by atoms with Gasteiger partial charge in [0.05, 0.1) is 18.8 Å². The summed E-state index contributed by atoms with van der Waals surface area (Å²) in [6.07, 6.45) is 1.89. The lowest BCUT2D eigenvalue weighted by Crippen LogP contribution is -2.31. The van der Waals surface area contributed by atoms with Crippen LogP contribution in [0.2, 0.25) is 0 Å². The second kappa shape index (κ2) is 8.97. The van der Waals surface area contributed by atoms with Crippen LogP contribution in [-0.4, -0.2) is 34.8 Å². The molecule has 0 aliphatic carbocycles. The van der Waals surface area contributed by atoms with Gasteiger partial charge in [-0.25, -0.2) is 4.98 Å². The summed E-state index contributed by atoms with van der Waals surface area (Å²) in [5.41, 5.74) is 1.00. The molecule has 0 saturated carbocycles. The predicted octanol–water partition coefficient (Wildman–Crippen LogP) is 3.32. The quantitative estimate of drug-likeness (QED) is 0.400. The zero-order valence-electron chi connectivity index (χ0n) is 15.9. The number of carbonyl (C=O) groups is 1. The molecule has 0 radical (unpaired) electrons. The predicted molar refractivity (Wildman–Crippen MR) is 110 cm³/mol. The van der Waals surface area contributed by atoms with Crippen molar-refractivity contribution < 1.29 is 14.3 Å². The van der Waals surface area contributed by atoms with E-state index in [0.29, 0.717) is 47.0 Å². The van der Waals surface area contributed by atoms with Gasteiger partial charge in [0.2, 0.25) is 5.91 Å².